The molecule has 1 nitrogen and oxygen atoms in total. The zero-order chi connectivity index (χ0) is 11.8. The molecule has 0 aliphatic heterocycles. The smallest absolute Gasteiger partial charge is 0.0571 e. The number of nitrogens with zero attached hydrogens (tertiary/aromatic N) is 1. The van der Waals surface area contributed by atoms with Crippen LogP contribution in [0.1, 0.15) is 27.7 Å². The van der Waals surface area contributed by atoms with Crippen molar-refractivity contribution < 1.29 is 0 Å². The van der Waals surface area contributed by atoms with E-state index in [1.54, 1.807) is 0 Å². The minimum atomic E-state index is 0.743. The summed E-state index contributed by atoms with van der Waals surface area (Å²) in [5, 5.41) is 0. The largest absolute Gasteiger partial charge is 0.294 e. The fraction of sp³-hybridized carbons (Fsp3) is 0.357. The van der Waals surface area contributed by atoms with E-state index >= 15 is 0 Å². The summed E-state index contributed by atoms with van der Waals surface area (Å²) in [6.07, 6.45) is 5.98. The van der Waals surface area contributed by atoms with E-state index in [9.17, 15) is 0 Å². The molecule has 0 unspecified atom stereocenters. The van der Waals surface area contributed by atoms with Crippen LogP contribution in [0.5, 0.6) is 0 Å². The third-order valence-corrected chi connectivity index (χ3v) is 2.25. The van der Waals surface area contributed by atoms with Gasteiger partial charge in [0, 0.05) is 0 Å². The van der Waals surface area contributed by atoms with Gasteiger partial charge in [-0.25, -0.2) is 0 Å². The molecular weight excluding hydrogens is 182 g/mol. The van der Waals surface area contributed by atoms with Crippen molar-refractivity contribution in [1.29, 1.82) is 0 Å². The van der Waals surface area contributed by atoms with Crippen LogP contribution < -0.4 is 0 Å². The van der Waals surface area contributed by atoms with E-state index in [1.165, 1.54) is 11.1 Å². The van der Waals surface area contributed by atoms with Crippen molar-refractivity contribution in [2.45, 2.75) is 27.7 Å². The molecule has 0 aromatic heterocycles. The van der Waals surface area contributed by atoms with Gasteiger partial charge >= 0.3 is 0 Å². The Morgan fingerprint density at radius 2 is 1.73 bits per heavy atom. The lowest BCUT2D eigenvalue weighted by Gasteiger charge is -2.03. The number of rotatable bonds is 5. The van der Waals surface area contributed by atoms with Crippen molar-refractivity contribution in [3.63, 3.8) is 0 Å². The van der Waals surface area contributed by atoms with Crippen LogP contribution in [0.4, 0.5) is 0 Å². The highest BCUT2D eigenvalue weighted by Crippen LogP contribution is 2.14. The van der Waals surface area contributed by atoms with Gasteiger partial charge < -0.3 is 0 Å². The zero-order valence-corrected chi connectivity index (χ0v) is 10.3. The molecule has 0 atom stereocenters. The highest BCUT2D eigenvalue weighted by atomic mass is 14.7. The van der Waals surface area contributed by atoms with E-state index in [0.717, 1.165) is 17.7 Å². The lowest BCUT2D eigenvalue weighted by atomic mass is 10.0. The molecule has 0 aliphatic rings. The Bertz CT molecular complexity index is 327. The second-order valence-electron chi connectivity index (χ2n) is 3.64. The van der Waals surface area contributed by atoms with Crippen molar-refractivity contribution in [1.82, 2.24) is 0 Å². The normalized spacial score (nSPS) is 13.3. The van der Waals surface area contributed by atoms with Crippen LogP contribution >= 0.6 is 0 Å². The van der Waals surface area contributed by atoms with Crippen LogP contribution in [0.2, 0.25) is 0 Å². The molecule has 0 spiro atoms. The van der Waals surface area contributed by atoms with Gasteiger partial charge in [0.1, 0.15) is 0 Å². The molecule has 0 bridgehead atoms. The number of hydrogen-bond donors (Lipinski definition) is 0. The van der Waals surface area contributed by atoms with Crippen molar-refractivity contribution in [2.75, 3.05) is 6.54 Å². The SMILES string of the molecule is C=C(C)C(=C)/C=C(C)\C(C)=C/CN=CC. The summed E-state index contributed by atoms with van der Waals surface area (Å²) in [6.45, 7) is 16.6. The molecule has 0 N–H and O–H groups in total. The molecular formula is C14H21N. The lowest BCUT2D eigenvalue weighted by molar-refractivity contribution is 1.20. The number of hydrogen-bond acceptors (Lipinski definition) is 1. The van der Waals surface area contributed by atoms with Crippen molar-refractivity contribution in [3.05, 3.63) is 47.6 Å². The summed E-state index contributed by atoms with van der Waals surface area (Å²) >= 11 is 0. The van der Waals surface area contributed by atoms with Gasteiger partial charge in [-0.05, 0) is 45.1 Å². The average molecular weight is 203 g/mol. The second kappa shape index (κ2) is 6.99. The molecule has 0 heterocycles. The first kappa shape index (κ1) is 13.6. The van der Waals surface area contributed by atoms with Crippen LogP contribution in [0.3, 0.4) is 0 Å². The quantitative estimate of drug-likeness (QED) is 0.471. The molecule has 82 valence electrons. The second-order valence-corrected chi connectivity index (χ2v) is 3.64. The number of allylic oxidation sites excluding steroid dienone is 5. The summed E-state index contributed by atoms with van der Waals surface area (Å²) in [7, 11) is 0. The van der Waals surface area contributed by atoms with E-state index in [-0.39, 0.29) is 0 Å². The number of aliphatic imine (C=N–C) groups is 1. The van der Waals surface area contributed by atoms with Gasteiger partial charge in [-0.2, -0.15) is 0 Å². The Morgan fingerprint density at radius 3 is 2.20 bits per heavy atom. The van der Waals surface area contributed by atoms with E-state index in [1.807, 2.05) is 20.1 Å². The summed E-state index contributed by atoms with van der Waals surface area (Å²) in [5.41, 5.74) is 4.45. The molecule has 15 heavy (non-hydrogen) atoms. The van der Waals surface area contributed by atoms with Crippen molar-refractivity contribution in [2.24, 2.45) is 4.99 Å². The van der Waals surface area contributed by atoms with Crippen molar-refractivity contribution >= 4 is 6.21 Å². The van der Waals surface area contributed by atoms with E-state index in [2.05, 4.69) is 44.1 Å². The van der Waals surface area contributed by atoms with Crippen LogP contribution in [0.25, 0.3) is 0 Å². The summed E-state index contributed by atoms with van der Waals surface area (Å²) in [6, 6.07) is 0. The van der Waals surface area contributed by atoms with Crippen LogP contribution in [-0.4, -0.2) is 12.8 Å². The van der Waals surface area contributed by atoms with Crippen LogP contribution in [0, 0.1) is 0 Å². The Morgan fingerprint density at radius 1 is 1.13 bits per heavy atom. The molecule has 0 amide bonds. The van der Waals surface area contributed by atoms with Gasteiger partial charge in [-0.15, -0.1) is 0 Å². The maximum Gasteiger partial charge on any atom is 0.0571 e. The minimum absolute atomic E-state index is 0.743. The van der Waals surface area contributed by atoms with E-state index in [0.29, 0.717) is 0 Å². The predicted octanol–water partition coefficient (Wildman–Crippen LogP) is 4.10. The molecule has 0 radical (unpaired) electrons. The van der Waals surface area contributed by atoms with Gasteiger partial charge in [0.15, 0.2) is 0 Å². The molecule has 0 aromatic carbocycles. The van der Waals surface area contributed by atoms with E-state index in [4.69, 9.17) is 0 Å². The van der Waals surface area contributed by atoms with Gasteiger partial charge in [-0.3, -0.25) is 4.99 Å². The van der Waals surface area contributed by atoms with Crippen molar-refractivity contribution in [3.8, 4) is 0 Å². The summed E-state index contributed by atoms with van der Waals surface area (Å²) < 4.78 is 0. The topological polar surface area (TPSA) is 12.4 Å². The monoisotopic (exact) mass is 203 g/mol. The Balaban J connectivity index is 4.56. The van der Waals surface area contributed by atoms with E-state index < -0.39 is 0 Å². The van der Waals surface area contributed by atoms with Gasteiger partial charge in [0.25, 0.3) is 0 Å². The summed E-state index contributed by atoms with van der Waals surface area (Å²) in [4.78, 5) is 4.14. The first-order valence-corrected chi connectivity index (χ1v) is 5.13. The van der Waals surface area contributed by atoms with Crippen LogP contribution in [0.15, 0.2) is 52.6 Å². The average Bonchev–Trinajstić information content (AvgIpc) is 2.17. The molecule has 0 fully saturated rings. The Hall–Kier alpha value is -1.37. The molecule has 0 rings (SSSR count). The van der Waals surface area contributed by atoms with Gasteiger partial charge in [0.05, 0.1) is 6.54 Å². The maximum absolute atomic E-state index is 4.14. The molecule has 0 saturated heterocycles. The molecule has 0 aliphatic carbocycles. The highest BCUT2D eigenvalue weighted by molar-refractivity contribution is 5.53. The molecule has 0 aromatic rings. The lowest BCUT2D eigenvalue weighted by Crippen LogP contribution is -1.85. The third kappa shape index (κ3) is 5.84. The van der Waals surface area contributed by atoms with Gasteiger partial charge in [0.2, 0.25) is 0 Å². The Labute approximate surface area is 93.6 Å². The molecule has 0 saturated carbocycles. The Kier molecular flexibility index (Phi) is 6.35. The fourth-order valence-electron chi connectivity index (χ4n) is 0.954. The first-order chi connectivity index (χ1) is 6.99. The highest BCUT2D eigenvalue weighted by Gasteiger charge is 1.95. The fourth-order valence-corrected chi connectivity index (χ4v) is 0.954. The van der Waals surface area contributed by atoms with Gasteiger partial charge in [-0.1, -0.05) is 36.5 Å². The molecule has 1 heteroatoms. The third-order valence-electron chi connectivity index (χ3n) is 2.25. The standard InChI is InChI=1S/C14H21N/c1-7-15-9-8-12(4)14(6)10-13(5)11(2)3/h7-8,10H,2,5,9H2,1,3-4,6H3/b12-8-,14-10-,15-7?. The maximum atomic E-state index is 4.14. The summed E-state index contributed by atoms with van der Waals surface area (Å²) in [5.74, 6) is 0. The zero-order valence-electron chi connectivity index (χ0n) is 10.3. The first-order valence-electron chi connectivity index (χ1n) is 5.13. The predicted molar refractivity (Wildman–Crippen MR) is 70.5 cm³/mol. The minimum Gasteiger partial charge on any atom is -0.294 e. The van der Waals surface area contributed by atoms with Crippen LogP contribution in [-0.2, 0) is 0 Å².